The highest BCUT2D eigenvalue weighted by Gasteiger charge is 2.30. The molecule has 0 aliphatic carbocycles. The molecule has 3 amide bonds. The van der Waals surface area contributed by atoms with Crippen molar-refractivity contribution < 1.29 is 9.59 Å². The minimum Gasteiger partial charge on any atom is -0.335 e. The lowest BCUT2D eigenvalue weighted by molar-refractivity contribution is 0.0618. The van der Waals surface area contributed by atoms with Crippen molar-refractivity contribution in [3.05, 3.63) is 17.5 Å². The number of piperazine rings is 2. The van der Waals surface area contributed by atoms with Crippen LogP contribution in [0.5, 0.6) is 0 Å². The molecule has 0 spiro atoms. The molecule has 3 aliphatic heterocycles. The monoisotopic (exact) mass is 360 g/mol. The van der Waals surface area contributed by atoms with Gasteiger partial charge in [0.05, 0.1) is 17.5 Å². The summed E-state index contributed by atoms with van der Waals surface area (Å²) >= 11 is 0. The van der Waals surface area contributed by atoms with Gasteiger partial charge >= 0.3 is 6.03 Å². The van der Waals surface area contributed by atoms with Crippen molar-refractivity contribution in [1.82, 2.24) is 29.4 Å². The SMILES string of the molecule is CN1CCN(C(=O)N2CCN(C(=O)c3cnn4c3CCCC4)CC2)CC1. The van der Waals surface area contributed by atoms with Crippen LogP contribution in [0.4, 0.5) is 4.79 Å². The van der Waals surface area contributed by atoms with E-state index in [1.165, 1.54) is 0 Å². The van der Waals surface area contributed by atoms with Crippen LogP contribution in [0, 0.1) is 0 Å². The molecule has 0 bridgehead atoms. The zero-order valence-corrected chi connectivity index (χ0v) is 15.6. The van der Waals surface area contributed by atoms with Crippen LogP contribution < -0.4 is 0 Å². The largest absolute Gasteiger partial charge is 0.335 e. The molecule has 8 heteroatoms. The smallest absolute Gasteiger partial charge is 0.320 e. The van der Waals surface area contributed by atoms with Crippen molar-refractivity contribution in [2.24, 2.45) is 0 Å². The van der Waals surface area contributed by atoms with Gasteiger partial charge in [0.15, 0.2) is 0 Å². The van der Waals surface area contributed by atoms with Gasteiger partial charge in [0, 0.05) is 58.9 Å². The summed E-state index contributed by atoms with van der Waals surface area (Å²) in [7, 11) is 2.08. The van der Waals surface area contributed by atoms with Gasteiger partial charge in [-0.25, -0.2) is 4.79 Å². The van der Waals surface area contributed by atoms with Crippen LogP contribution in [0.2, 0.25) is 0 Å². The van der Waals surface area contributed by atoms with Crippen molar-refractivity contribution >= 4 is 11.9 Å². The second-order valence-electron chi connectivity index (χ2n) is 7.54. The summed E-state index contributed by atoms with van der Waals surface area (Å²) in [5.74, 6) is 0.0693. The van der Waals surface area contributed by atoms with Crippen molar-refractivity contribution in [2.45, 2.75) is 25.8 Å². The van der Waals surface area contributed by atoms with E-state index in [0.29, 0.717) is 26.2 Å². The lowest BCUT2D eigenvalue weighted by atomic mass is 10.1. The Hall–Kier alpha value is -2.09. The normalized spacial score (nSPS) is 21.7. The number of rotatable bonds is 1. The van der Waals surface area contributed by atoms with Crippen LogP contribution in [0.3, 0.4) is 0 Å². The molecule has 2 saturated heterocycles. The van der Waals surface area contributed by atoms with Gasteiger partial charge in [-0.05, 0) is 26.3 Å². The minimum absolute atomic E-state index is 0.0693. The zero-order valence-electron chi connectivity index (χ0n) is 15.6. The second kappa shape index (κ2) is 7.26. The fourth-order valence-electron chi connectivity index (χ4n) is 4.07. The number of fused-ring (bicyclic) bond motifs is 1. The maximum absolute atomic E-state index is 12.9. The molecule has 0 aromatic carbocycles. The first kappa shape index (κ1) is 17.3. The Bertz CT molecular complexity index is 671. The number of aromatic nitrogens is 2. The van der Waals surface area contributed by atoms with E-state index in [0.717, 1.165) is 63.2 Å². The maximum Gasteiger partial charge on any atom is 0.320 e. The Balaban J connectivity index is 1.34. The first-order valence-electron chi connectivity index (χ1n) is 9.70. The molecule has 142 valence electrons. The molecule has 0 atom stereocenters. The Morgan fingerprint density at radius 3 is 2.15 bits per heavy atom. The predicted octanol–water partition coefficient (Wildman–Crippen LogP) is 0.345. The van der Waals surface area contributed by atoms with E-state index in [1.807, 2.05) is 19.4 Å². The van der Waals surface area contributed by atoms with Crippen LogP contribution in [-0.2, 0) is 13.0 Å². The standard InChI is InChI=1S/C18H28N6O2/c1-20-6-8-22(9-7-20)18(26)23-12-10-21(11-13-23)17(25)15-14-19-24-5-3-2-4-16(15)24/h14H,2-13H2,1H3. The lowest BCUT2D eigenvalue weighted by Crippen LogP contribution is -2.57. The molecule has 3 aliphatic rings. The highest BCUT2D eigenvalue weighted by molar-refractivity contribution is 5.95. The van der Waals surface area contributed by atoms with Crippen molar-refractivity contribution in [3.63, 3.8) is 0 Å². The molecule has 1 aromatic heterocycles. The van der Waals surface area contributed by atoms with E-state index >= 15 is 0 Å². The molecular weight excluding hydrogens is 332 g/mol. The summed E-state index contributed by atoms with van der Waals surface area (Å²) in [5.41, 5.74) is 1.83. The summed E-state index contributed by atoms with van der Waals surface area (Å²) in [6, 6.07) is 0.119. The van der Waals surface area contributed by atoms with Gasteiger partial charge < -0.3 is 19.6 Å². The molecule has 0 N–H and O–H groups in total. The topological polar surface area (TPSA) is 64.9 Å². The highest BCUT2D eigenvalue weighted by Crippen LogP contribution is 2.20. The average Bonchev–Trinajstić information content (AvgIpc) is 3.12. The maximum atomic E-state index is 12.9. The number of hydrogen-bond donors (Lipinski definition) is 0. The van der Waals surface area contributed by atoms with E-state index in [2.05, 4.69) is 17.0 Å². The van der Waals surface area contributed by atoms with Crippen LogP contribution in [-0.4, -0.2) is 101 Å². The van der Waals surface area contributed by atoms with Crippen LogP contribution in [0.15, 0.2) is 6.20 Å². The van der Waals surface area contributed by atoms with Gasteiger partial charge in [0.25, 0.3) is 5.91 Å². The fraction of sp³-hybridized carbons (Fsp3) is 0.722. The molecule has 1 aromatic rings. The number of likely N-dealkylation sites (N-methyl/N-ethyl adjacent to an activating group) is 1. The quantitative estimate of drug-likeness (QED) is 0.725. The summed E-state index contributed by atoms with van der Waals surface area (Å²) in [6.45, 7) is 6.77. The van der Waals surface area contributed by atoms with Gasteiger partial charge in [-0.1, -0.05) is 0 Å². The van der Waals surface area contributed by atoms with Crippen LogP contribution in [0.25, 0.3) is 0 Å². The van der Waals surface area contributed by atoms with Crippen LogP contribution >= 0.6 is 0 Å². The third-order valence-corrected chi connectivity index (χ3v) is 5.82. The van der Waals surface area contributed by atoms with Crippen molar-refractivity contribution in [1.29, 1.82) is 0 Å². The Morgan fingerprint density at radius 2 is 1.46 bits per heavy atom. The Labute approximate surface area is 154 Å². The Kier molecular flexibility index (Phi) is 4.84. The summed E-state index contributed by atoms with van der Waals surface area (Å²) in [6.07, 6.45) is 4.92. The summed E-state index contributed by atoms with van der Waals surface area (Å²) < 4.78 is 1.98. The average molecular weight is 360 g/mol. The van der Waals surface area contributed by atoms with Gasteiger partial charge in [-0.2, -0.15) is 5.10 Å². The molecule has 0 saturated carbocycles. The molecule has 2 fully saturated rings. The van der Waals surface area contributed by atoms with Crippen molar-refractivity contribution in [3.8, 4) is 0 Å². The first-order valence-corrected chi connectivity index (χ1v) is 9.70. The molecule has 4 rings (SSSR count). The van der Waals surface area contributed by atoms with Gasteiger partial charge in [0.2, 0.25) is 0 Å². The second-order valence-corrected chi connectivity index (χ2v) is 7.54. The molecule has 8 nitrogen and oxygen atoms in total. The van der Waals surface area contributed by atoms with Gasteiger partial charge in [-0.15, -0.1) is 0 Å². The molecule has 0 unspecified atom stereocenters. The summed E-state index contributed by atoms with van der Waals surface area (Å²) in [5, 5.41) is 4.38. The predicted molar refractivity (Wildman–Crippen MR) is 97.1 cm³/mol. The number of urea groups is 1. The van der Waals surface area contributed by atoms with Crippen LogP contribution in [0.1, 0.15) is 28.9 Å². The molecule has 0 radical (unpaired) electrons. The highest BCUT2D eigenvalue weighted by atomic mass is 16.2. The van der Waals surface area contributed by atoms with Gasteiger partial charge in [0.1, 0.15) is 0 Å². The van der Waals surface area contributed by atoms with E-state index in [1.54, 1.807) is 6.20 Å². The Morgan fingerprint density at radius 1 is 0.846 bits per heavy atom. The number of hydrogen-bond acceptors (Lipinski definition) is 4. The van der Waals surface area contributed by atoms with Crippen molar-refractivity contribution in [2.75, 3.05) is 59.4 Å². The van der Waals surface area contributed by atoms with Gasteiger partial charge in [-0.3, -0.25) is 9.48 Å². The minimum atomic E-state index is 0.0693. The number of carbonyl (C=O) groups excluding carboxylic acids is 2. The summed E-state index contributed by atoms with van der Waals surface area (Å²) in [4.78, 5) is 33.5. The van der Waals surface area contributed by atoms with E-state index < -0.39 is 0 Å². The third-order valence-electron chi connectivity index (χ3n) is 5.82. The lowest BCUT2D eigenvalue weighted by Gasteiger charge is -2.40. The number of aryl methyl sites for hydroxylation is 1. The van der Waals surface area contributed by atoms with E-state index in [9.17, 15) is 9.59 Å². The third kappa shape index (κ3) is 3.30. The number of carbonyl (C=O) groups is 2. The first-order chi connectivity index (χ1) is 12.6. The number of nitrogens with zero attached hydrogens (tertiary/aromatic N) is 6. The molecule has 4 heterocycles. The molecular formula is C18H28N6O2. The van der Waals surface area contributed by atoms with E-state index in [4.69, 9.17) is 0 Å². The van der Waals surface area contributed by atoms with E-state index in [-0.39, 0.29) is 11.9 Å². The number of amides is 3. The molecule has 26 heavy (non-hydrogen) atoms. The zero-order chi connectivity index (χ0) is 18.1. The fourth-order valence-corrected chi connectivity index (χ4v) is 4.07.